The van der Waals surface area contributed by atoms with Crippen molar-refractivity contribution < 1.29 is 14.7 Å². The number of nitrogens with one attached hydrogen (secondary N) is 2. The van der Waals surface area contributed by atoms with Crippen LogP contribution in [0.25, 0.3) is 0 Å². The first-order valence-corrected chi connectivity index (χ1v) is 6.21. The monoisotopic (exact) mass is 263 g/mol. The predicted molar refractivity (Wildman–Crippen MR) is 70.7 cm³/mol. The molecule has 6 nitrogen and oxygen atoms in total. The number of hydrogen-bond acceptors (Lipinski definition) is 3. The summed E-state index contributed by atoms with van der Waals surface area (Å²) >= 11 is 0. The van der Waals surface area contributed by atoms with Crippen molar-refractivity contribution in [1.82, 2.24) is 10.2 Å². The molecule has 102 valence electrons. The smallest absolute Gasteiger partial charge is 0.319 e. The van der Waals surface area contributed by atoms with Crippen molar-refractivity contribution in [3.05, 3.63) is 30.3 Å². The molecule has 2 rings (SSSR count). The quantitative estimate of drug-likeness (QED) is 0.738. The summed E-state index contributed by atoms with van der Waals surface area (Å²) in [5.41, 5.74) is 0.670. The number of hydrogen-bond donors (Lipinski definition) is 3. The van der Waals surface area contributed by atoms with Crippen molar-refractivity contribution in [2.24, 2.45) is 0 Å². The Morgan fingerprint density at radius 2 is 2.05 bits per heavy atom. The lowest BCUT2D eigenvalue weighted by molar-refractivity contribution is -0.129. The molecule has 1 aliphatic heterocycles. The highest BCUT2D eigenvalue weighted by atomic mass is 16.3. The fourth-order valence-corrected chi connectivity index (χ4v) is 1.93. The number of rotatable bonds is 3. The van der Waals surface area contributed by atoms with Gasteiger partial charge in [-0.2, -0.15) is 0 Å². The summed E-state index contributed by atoms with van der Waals surface area (Å²) < 4.78 is 0. The largest absolute Gasteiger partial charge is 0.391 e. The van der Waals surface area contributed by atoms with E-state index in [0.29, 0.717) is 25.2 Å². The van der Waals surface area contributed by atoms with E-state index in [1.54, 1.807) is 17.0 Å². The lowest BCUT2D eigenvalue weighted by atomic mass is 10.3. The fourth-order valence-electron chi connectivity index (χ4n) is 1.93. The van der Waals surface area contributed by atoms with Gasteiger partial charge in [-0.1, -0.05) is 18.2 Å². The minimum atomic E-state index is -0.443. The van der Waals surface area contributed by atoms with E-state index in [-0.39, 0.29) is 12.5 Å². The number of benzene rings is 1. The molecule has 3 amide bonds. The maximum absolute atomic E-state index is 11.7. The topological polar surface area (TPSA) is 81.7 Å². The van der Waals surface area contributed by atoms with Crippen molar-refractivity contribution in [2.45, 2.75) is 12.5 Å². The molecule has 1 heterocycles. The van der Waals surface area contributed by atoms with E-state index in [1.807, 2.05) is 18.2 Å². The summed E-state index contributed by atoms with van der Waals surface area (Å²) in [6.45, 7) is 0.828. The zero-order chi connectivity index (χ0) is 13.7. The Hall–Kier alpha value is -2.08. The number of aliphatic hydroxyl groups excluding tert-OH is 1. The first-order chi connectivity index (χ1) is 9.15. The van der Waals surface area contributed by atoms with Gasteiger partial charge in [-0.3, -0.25) is 4.79 Å². The standard InChI is InChI=1S/C13H17N3O3/c17-11-6-7-16(9-11)12(18)8-14-13(19)15-10-4-2-1-3-5-10/h1-5,11,17H,6-9H2,(H2,14,15,19)/t11-/m1/s1. The third kappa shape index (κ3) is 3.96. The normalized spacial score (nSPS) is 18.2. The molecule has 0 saturated carbocycles. The number of nitrogens with zero attached hydrogens (tertiary/aromatic N) is 1. The highest BCUT2D eigenvalue weighted by Crippen LogP contribution is 2.08. The molecule has 0 aromatic heterocycles. The second-order valence-electron chi connectivity index (χ2n) is 4.46. The second-order valence-corrected chi connectivity index (χ2v) is 4.46. The lowest BCUT2D eigenvalue weighted by Gasteiger charge is -2.15. The van der Waals surface area contributed by atoms with Crippen LogP contribution in [-0.2, 0) is 4.79 Å². The SMILES string of the molecule is O=C(NCC(=O)N1CC[C@@H](O)C1)Nc1ccccc1. The molecule has 0 spiro atoms. The second kappa shape index (κ2) is 6.19. The molecule has 1 atom stereocenters. The van der Waals surface area contributed by atoms with E-state index in [2.05, 4.69) is 10.6 Å². The highest BCUT2D eigenvalue weighted by molar-refractivity contribution is 5.92. The van der Waals surface area contributed by atoms with E-state index in [9.17, 15) is 14.7 Å². The number of carbonyl (C=O) groups excluding carboxylic acids is 2. The van der Waals surface area contributed by atoms with Crippen LogP contribution in [0.2, 0.25) is 0 Å². The van der Waals surface area contributed by atoms with E-state index in [4.69, 9.17) is 0 Å². The summed E-state index contributed by atoms with van der Waals surface area (Å²) in [6, 6.07) is 8.58. The number of aliphatic hydroxyl groups is 1. The number of amides is 3. The summed E-state index contributed by atoms with van der Waals surface area (Å²) in [7, 11) is 0. The molecule has 0 aliphatic carbocycles. The van der Waals surface area contributed by atoms with Gasteiger partial charge in [-0.25, -0.2) is 4.79 Å². The fraction of sp³-hybridized carbons (Fsp3) is 0.385. The van der Waals surface area contributed by atoms with Crippen molar-refractivity contribution in [2.75, 3.05) is 25.0 Å². The summed E-state index contributed by atoms with van der Waals surface area (Å²) in [5.74, 6) is -0.181. The van der Waals surface area contributed by atoms with E-state index in [0.717, 1.165) is 0 Å². The molecule has 1 saturated heterocycles. The predicted octanol–water partition coefficient (Wildman–Crippen LogP) is 0.401. The minimum absolute atomic E-state index is 0.0641. The Bertz CT molecular complexity index is 450. The molecule has 0 radical (unpaired) electrons. The molecule has 6 heteroatoms. The van der Waals surface area contributed by atoms with E-state index < -0.39 is 12.1 Å². The first-order valence-electron chi connectivity index (χ1n) is 6.21. The Morgan fingerprint density at radius 1 is 1.32 bits per heavy atom. The Kier molecular flexibility index (Phi) is 4.35. The van der Waals surface area contributed by atoms with Crippen LogP contribution in [0.3, 0.4) is 0 Å². The number of likely N-dealkylation sites (tertiary alicyclic amines) is 1. The number of β-amino-alcohol motifs (C(OH)–C–C–N with tert-alkyl or cyclic N) is 1. The molecule has 1 aromatic rings. The van der Waals surface area contributed by atoms with Crippen LogP contribution < -0.4 is 10.6 Å². The van der Waals surface area contributed by atoms with E-state index >= 15 is 0 Å². The summed E-state index contributed by atoms with van der Waals surface area (Å²) in [6.07, 6.45) is 0.157. The average molecular weight is 263 g/mol. The van der Waals surface area contributed by atoms with Gasteiger partial charge in [-0.05, 0) is 18.6 Å². The van der Waals surface area contributed by atoms with Gasteiger partial charge in [0, 0.05) is 18.8 Å². The third-order valence-corrected chi connectivity index (χ3v) is 2.95. The third-order valence-electron chi connectivity index (χ3n) is 2.95. The van der Waals surface area contributed by atoms with Crippen LogP contribution in [0.4, 0.5) is 10.5 Å². The molecule has 1 fully saturated rings. The van der Waals surface area contributed by atoms with Crippen molar-refractivity contribution in [3.63, 3.8) is 0 Å². The first kappa shape index (κ1) is 13.4. The number of anilines is 1. The number of carbonyl (C=O) groups is 2. The van der Waals surface area contributed by atoms with Crippen LogP contribution in [-0.4, -0.2) is 47.7 Å². The average Bonchev–Trinajstić information content (AvgIpc) is 2.84. The minimum Gasteiger partial charge on any atom is -0.391 e. The summed E-state index contributed by atoms with van der Waals surface area (Å²) in [4.78, 5) is 24.8. The van der Waals surface area contributed by atoms with Gasteiger partial charge < -0.3 is 20.6 Å². The molecule has 0 bridgehead atoms. The number of urea groups is 1. The number of para-hydroxylation sites is 1. The molecule has 3 N–H and O–H groups in total. The highest BCUT2D eigenvalue weighted by Gasteiger charge is 2.24. The zero-order valence-corrected chi connectivity index (χ0v) is 10.5. The maximum Gasteiger partial charge on any atom is 0.319 e. The van der Waals surface area contributed by atoms with Crippen LogP contribution in [0.15, 0.2) is 30.3 Å². The van der Waals surface area contributed by atoms with E-state index in [1.165, 1.54) is 0 Å². The lowest BCUT2D eigenvalue weighted by Crippen LogP contribution is -2.40. The Labute approximate surface area is 111 Å². The van der Waals surface area contributed by atoms with Crippen LogP contribution in [0.5, 0.6) is 0 Å². The van der Waals surface area contributed by atoms with Gasteiger partial charge in [0.05, 0.1) is 12.6 Å². The van der Waals surface area contributed by atoms with Gasteiger partial charge in [0.15, 0.2) is 0 Å². The van der Waals surface area contributed by atoms with Crippen molar-refractivity contribution in [1.29, 1.82) is 0 Å². The van der Waals surface area contributed by atoms with Crippen molar-refractivity contribution >= 4 is 17.6 Å². The van der Waals surface area contributed by atoms with Gasteiger partial charge >= 0.3 is 6.03 Å². The molecule has 19 heavy (non-hydrogen) atoms. The van der Waals surface area contributed by atoms with Gasteiger partial charge in [-0.15, -0.1) is 0 Å². The molecular formula is C13H17N3O3. The molecule has 0 unspecified atom stereocenters. The van der Waals surface area contributed by atoms with Crippen LogP contribution in [0, 0.1) is 0 Å². The molecule has 1 aliphatic rings. The van der Waals surface area contributed by atoms with Gasteiger partial charge in [0.25, 0.3) is 0 Å². The summed E-state index contributed by atoms with van der Waals surface area (Å²) in [5, 5.41) is 14.5. The zero-order valence-electron chi connectivity index (χ0n) is 10.5. The van der Waals surface area contributed by atoms with Gasteiger partial charge in [0.1, 0.15) is 0 Å². The van der Waals surface area contributed by atoms with Crippen LogP contribution >= 0.6 is 0 Å². The van der Waals surface area contributed by atoms with Crippen LogP contribution in [0.1, 0.15) is 6.42 Å². The van der Waals surface area contributed by atoms with Crippen molar-refractivity contribution in [3.8, 4) is 0 Å². The maximum atomic E-state index is 11.7. The molecular weight excluding hydrogens is 246 g/mol. The Balaban J connectivity index is 1.73. The Morgan fingerprint density at radius 3 is 2.68 bits per heavy atom. The van der Waals surface area contributed by atoms with Gasteiger partial charge in [0.2, 0.25) is 5.91 Å². The molecule has 1 aromatic carbocycles.